The van der Waals surface area contributed by atoms with Crippen LogP contribution in [0.5, 0.6) is 0 Å². The molecule has 0 aliphatic rings. The van der Waals surface area contributed by atoms with E-state index in [2.05, 4.69) is 0 Å². The highest BCUT2D eigenvalue weighted by atomic mass is 35.5. The van der Waals surface area contributed by atoms with Crippen molar-refractivity contribution >= 4 is 29.0 Å². The third-order valence-electron chi connectivity index (χ3n) is 1.91. The van der Waals surface area contributed by atoms with Gasteiger partial charge in [0.1, 0.15) is 0 Å². The van der Waals surface area contributed by atoms with E-state index < -0.39 is 0 Å². The number of benzene rings is 1. The fourth-order valence-corrected chi connectivity index (χ4v) is 1.69. The maximum absolute atomic E-state index is 11.5. The second-order valence-electron chi connectivity index (χ2n) is 3.67. The third-order valence-corrected chi connectivity index (χ3v) is 2.77. The number of Topliss-reactive ketones (excluding diaryl/α,β-unsaturated/α-hetero) is 1. The van der Waals surface area contributed by atoms with E-state index in [1.807, 2.05) is 25.1 Å². The van der Waals surface area contributed by atoms with E-state index in [0.29, 0.717) is 23.0 Å². The maximum Gasteiger partial charge on any atom is 0.151 e. The largest absolute Gasteiger partial charge is 0.302 e. The lowest BCUT2D eigenvalue weighted by atomic mass is 10.1. The average Bonchev–Trinajstić information content (AvgIpc) is 2.11. The fraction of sp³-hybridized carbons (Fsp3) is 0.364. The third kappa shape index (κ3) is 3.82. The molecule has 0 saturated heterocycles. The molecular weight excluding hydrogens is 233 g/mol. The molecule has 1 aromatic carbocycles. The summed E-state index contributed by atoms with van der Waals surface area (Å²) < 4.78 is 0. The minimum Gasteiger partial charge on any atom is -0.302 e. The summed E-state index contributed by atoms with van der Waals surface area (Å²) in [4.78, 5) is 13.4. The molecule has 0 bridgehead atoms. The SMILES string of the molecule is CN(C)CC(=O)Cc1cccc(Cl)c1Cl. The molecule has 0 atom stereocenters. The molecule has 0 unspecified atom stereocenters. The summed E-state index contributed by atoms with van der Waals surface area (Å²) in [5, 5.41) is 0.970. The van der Waals surface area contributed by atoms with Gasteiger partial charge in [-0.1, -0.05) is 35.3 Å². The van der Waals surface area contributed by atoms with E-state index in [1.165, 1.54) is 0 Å². The van der Waals surface area contributed by atoms with Crippen molar-refractivity contribution in [2.45, 2.75) is 6.42 Å². The summed E-state index contributed by atoms with van der Waals surface area (Å²) in [6.45, 7) is 0.419. The van der Waals surface area contributed by atoms with Gasteiger partial charge in [-0.05, 0) is 25.7 Å². The molecule has 0 saturated carbocycles. The lowest BCUT2D eigenvalue weighted by molar-refractivity contribution is -0.119. The highest BCUT2D eigenvalue weighted by molar-refractivity contribution is 6.42. The van der Waals surface area contributed by atoms with Crippen LogP contribution in [0.15, 0.2) is 18.2 Å². The zero-order valence-electron chi connectivity index (χ0n) is 8.76. The zero-order chi connectivity index (χ0) is 11.4. The molecule has 82 valence electrons. The van der Waals surface area contributed by atoms with Gasteiger partial charge in [0, 0.05) is 6.42 Å². The first-order valence-corrected chi connectivity index (χ1v) is 5.35. The molecule has 0 aliphatic heterocycles. The summed E-state index contributed by atoms with van der Waals surface area (Å²) >= 11 is 11.8. The Morgan fingerprint density at radius 2 is 2.00 bits per heavy atom. The summed E-state index contributed by atoms with van der Waals surface area (Å²) in [5.74, 6) is 0.129. The van der Waals surface area contributed by atoms with Crippen LogP contribution in [0, 0.1) is 0 Å². The zero-order valence-corrected chi connectivity index (χ0v) is 10.3. The van der Waals surface area contributed by atoms with E-state index in [4.69, 9.17) is 23.2 Å². The Hall–Kier alpha value is -0.570. The van der Waals surface area contributed by atoms with Gasteiger partial charge in [0.05, 0.1) is 16.6 Å². The van der Waals surface area contributed by atoms with Crippen LogP contribution in [-0.2, 0) is 11.2 Å². The molecule has 0 fully saturated rings. The van der Waals surface area contributed by atoms with Crippen LogP contribution in [0.25, 0.3) is 0 Å². The van der Waals surface area contributed by atoms with Gasteiger partial charge in [-0.3, -0.25) is 4.79 Å². The first kappa shape index (κ1) is 12.5. The summed E-state index contributed by atoms with van der Waals surface area (Å²) in [6, 6.07) is 5.33. The Kier molecular flexibility index (Phi) is 4.58. The average molecular weight is 246 g/mol. The molecule has 4 heteroatoms. The second-order valence-corrected chi connectivity index (χ2v) is 4.45. The molecule has 0 N–H and O–H groups in total. The molecule has 0 amide bonds. The number of hydrogen-bond acceptors (Lipinski definition) is 2. The van der Waals surface area contributed by atoms with E-state index in [1.54, 1.807) is 12.1 Å². The summed E-state index contributed by atoms with van der Waals surface area (Å²) in [5.41, 5.74) is 0.788. The quantitative estimate of drug-likeness (QED) is 0.814. The van der Waals surface area contributed by atoms with Crippen LogP contribution < -0.4 is 0 Å². The smallest absolute Gasteiger partial charge is 0.151 e. The van der Waals surface area contributed by atoms with Gasteiger partial charge >= 0.3 is 0 Å². The molecule has 0 aliphatic carbocycles. The van der Waals surface area contributed by atoms with Crippen molar-refractivity contribution in [1.29, 1.82) is 0 Å². The summed E-state index contributed by atoms with van der Waals surface area (Å²) in [6.07, 6.45) is 0.331. The first-order valence-electron chi connectivity index (χ1n) is 4.60. The second kappa shape index (κ2) is 5.50. The Morgan fingerprint density at radius 3 is 2.60 bits per heavy atom. The standard InChI is InChI=1S/C11H13Cl2NO/c1-14(2)7-9(15)6-8-4-3-5-10(12)11(8)13/h3-5H,6-7H2,1-2H3. The van der Waals surface area contributed by atoms with Crippen molar-refractivity contribution in [2.75, 3.05) is 20.6 Å². The molecule has 1 rings (SSSR count). The van der Waals surface area contributed by atoms with E-state index in [9.17, 15) is 4.79 Å². The topological polar surface area (TPSA) is 20.3 Å². The van der Waals surface area contributed by atoms with Crippen LogP contribution in [0.3, 0.4) is 0 Å². The lowest BCUT2D eigenvalue weighted by Gasteiger charge is -2.09. The van der Waals surface area contributed by atoms with Crippen molar-refractivity contribution in [3.05, 3.63) is 33.8 Å². The Bertz CT molecular complexity index is 364. The molecule has 0 spiro atoms. The lowest BCUT2D eigenvalue weighted by Crippen LogP contribution is -2.23. The Morgan fingerprint density at radius 1 is 1.33 bits per heavy atom. The molecule has 2 nitrogen and oxygen atoms in total. The predicted molar refractivity (Wildman–Crippen MR) is 63.7 cm³/mol. The summed E-state index contributed by atoms with van der Waals surface area (Å²) in [7, 11) is 3.72. The minimum absolute atomic E-state index is 0.129. The first-order chi connectivity index (χ1) is 7.00. The monoisotopic (exact) mass is 245 g/mol. The van der Waals surface area contributed by atoms with Crippen molar-refractivity contribution in [3.63, 3.8) is 0 Å². The van der Waals surface area contributed by atoms with Gasteiger partial charge in [-0.15, -0.1) is 0 Å². The number of carbonyl (C=O) groups excluding carboxylic acids is 1. The van der Waals surface area contributed by atoms with Gasteiger partial charge in [0.15, 0.2) is 5.78 Å². The highest BCUT2D eigenvalue weighted by Gasteiger charge is 2.09. The van der Waals surface area contributed by atoms with Crippen molar-refractivity contribution in [3.8, 4) is 0 Å². The number of halogens is 2. The van der Waals surface area contributed by atoms with Gasteiger partial charge in [-0.2, -0.15) is 0 Å². The Balaban J connectivity index is 2.73. The van der Waals surface area contributed by atoms with Crippen molar-refractivity contribution in [1.82, 2.24) is 4.90 Å². The molecule has 1 aromatic rings. The number of rotatable bonds is 4. The van der Waals surface area contributed by atoms with Crippen molar-refractivity contribution < 1.29 is 4.79 Å². The predicted octanol–water partition coefficient (Wildman–Crippen LogP) is 2.67. The number of nitrogens with zero attached hydrogens (tertiary/aromatic N) is 1. The molecule has 15 heavy (non-hydrogen) atoms. The van der Waals surface area contributed by atoms with Crippen LogP contribution in [0.4, 0.5) is 0 Å². The van der Waals surface area contributed by atoms with E-state index >= 15 is 0 Å². The van der Waals surface area contributed by atoms with Gasteiger partial charge < -0.3 is 4.90 Å². The van der Waals surface area contributed by atoms with Crippen LogP contribution >= 0.6 is 23.2 Å². The van der Waals surface area contributed by atoms with E-state index in [-0.39, 0.29) is 5.78 Å². The highest BCUT2D eigenvalue weighted by Crippen LogP contribution is 2.25. The van der Waals surface area contributed by atoms with Crippen LogP contribution in [-0.4, -0.2) is 31.3 Å². The molecule has 0 aromatic heterocycles. The van der Waals surface area contributed by atoms with E-state index in [0.717, 1.165) is 5.56 Å². The van der Waals surface area contributed by atoms with Crippen molar-refractivity contribution in [2.24, 2.45) is 0 Å². The molecule has 0 heterocycles. The van der Waals surface area contributed by atoms with Gasteiger partial charge in [0.25, 0.3) is 0 Å². The normalized spacial score (nSPS) is 10.7. The maximum atomic E-state index is 11.5. The molecule has 0 radical (unpaired) electrons. The number of ketones is 1. The van der Waals surface area contributed by atoms with Gasteiger partial charge in [0.2, 0.25) is 0 Å². The number of likely N-dealkylation sites (N-methyl/N-ethyl adjacent to an activating group) is 1. The van der Waals surface area contributed by atoms with Crippen LogP contribution in [0.1, 0.15) is 5.56 Å². The molecular formula is C11H13Cl2NO. The van der Waals surface area contributed by atoms with Gasteiger partial charge in [-0.25, -0.2) is 0 Å². The minimum atomic E-state index is 0.129. The Labute approximate surface area is 99.8 Å². The number of hydrogen-bond donors (Lipinski definition) is 0. The van der Waals surface area contributed by atoms with Crippen LogP contribution in [0.2, 0.25) is 10.0 Å². The fourth-order valence-electron chi connectivity index (χ4n) is 1.31. The number of carbonyl (C=O) groups is 1.